The second-order valence-corrected chi connectivity index (χ2v) is 14.3. The molecular formula is C30H31FIN4O6-. The molecule has 222 valence electrons. The van der Waals surface area contributed by atoms with Crippen molar-refractivity contribution in [2.75, 3.05) is 13.2 Å². The standard InChI is InChI=1S/C30H31FIN4O6/c1-3-30(40)18-10-22-25-16(12-36(22)26(37)17(18)13-42-28(30)39)23-20(32-35-27(38)29(33)6-8-41-9-7-29)5-4-15-14(2)19(31)11-21(34-25)24(15)23/h10-11,20,40H,3-9,12-13,33H2,1-2H3,(H,35,38)/q-1/t20-,30-/m1/s1. The fourth-order valence-corrected chi connectivity index (χ4v) is 9.60. The maximum absolute atomic E-state index is 15.1. The van der Waals surface area contributed by atoms with Gasteiger partial charge in [0.2, 0.25) is 0 Å². The van der Waals surface area contributed by atoms with Gasteiger partial charge in [0, 0.05) is 0 Å². The summed E-state index contributed by atoms with van der Waals surface area (Å²) < 4.78 is 30.5. The predicted molar refractivity (Wildman–Crippen MR) is 145 cm³/mol. The molecular weight excluding hydrogens is 658 g/mol. The zero-order chi connectivity index (χ0) is 29.6. The minimum atomic E-state index is -1.94. The van der Waals surface area contributed by atoms with Crippen LogP contribution in [0.3, 0.4) is 0 Å². The number of hydrogen-bond acceptors (Lipinski definition) is 8. The van der Waals surface area contributed by atoms with Gasteiger partial charge >= 0.3 is 252 Å². The van der Waals surface area contributed by atoms with Gasteiger partial charge in [-0.1, -0.05) is 0 Å². The fourth-order valence-electron chi connectivity index (χ4n) is 6.78. The number of esters is 1. The molecule has 4 aliphatic rings. The molecule has 1 amide bonds. The minimum absolute atomic E-state index is 0.00933. The molecule has 5 heterocycles. The van der Waals surface area contributed by atoms with Gasteiger partial charge in [0.05, 0.1) is 0 Å². The third kappa shape index (κ3) is 3.91. The normalized spacial score (nSPS) is 23.7. The molecule has 1 saturated heterocycles. The summed E-state index contributed by atoms with van der Waals surface area (Å²) in [6, 6.07) is 3.11. The van der Waals surface area contributed by atoms with Gasteiger partial charge in [-0.2, -0.15) is 0 Å². The molecule has 2 aromatic heterocycles. The molecule has 1 fully saturated rings. The van der Waals surface area contributed by atoms with E-state index in [0.717, 1.165) is 28.5 Å². The summed E-state index contributed by atoms with van der Waals surface area (Å²) in [4.78, 5) is 44.5. The number of amides is 1. The van der Waals surface area contributed by atoms with Crippen molar-refractivity contribution in [3.8, 4) is 11.4 Å². The second kappa shape index (κ2) is 9.79. The van der Waals surface area contributed by atoms with Gasteiger partial charge in [0.15, 0.2) is 0 Å². The number of hydrogen-bond donors (Lipinski definition) is 3. The van der Waals surface area contributed by atoms with E-state index in [1.54, 1.807) is 24.5 Å². The Bertz CT molecular complexity index is 1770. The van der Waals surface area contributed by atoms with E-state index in [1.165, 1.54) is 6.07 Å². The average Bonchev–Trinajstić information content (AvgIpc) is 3.36. The summed E-state index contributed by atoms with van der Waals surface area (Å²) in [7, 11) is 0. The van der Waals surface area contributed by atoms with Crippen LogP contribution in [0.25, 0.3) is 22.3 Å². The van der Waals surface area contributed by atoms with Crippen molar-refractivity contribution >= 4 is 22.8 Å². The van der Waals surface area contributed by atoms with E-state index < -0.39 is 38.6 Å². The molecule has 0 spiro atoms. The van der Waals surface area contributed by atoms with Crippen LogP contribution in [0.15, 0.2) is 16.9 Å². The number of benzene rings is 1. The third-order valence-electron chi connectivity index (χ3n) is 9.42. The zero-order valence-corrected chi connectivity index (χ0v) is 25.5. The van der Waals surface area contributed by atoms with E-state index >= 15 is 4.39 Å². The first-order valence-corrected chi connectivity index (χ1v) is 16.5. The number of aryl methyl sites for hydroxylation is 1. The number of alkyl halides is 1. The number of cyclic esters (lactones) is 1. The number of carbonyl (C=O) groups is 2. The Kier molecular flexibility index (Phi) is 6.50. The van der Waals surface area contributed by atoms with Gasteiger partial charge in [-0.15, -0.1) is 0 Å². The molecule has 2 atom stereocenters. The number of pyridine rings is 2. The van der Waals surface area contributed by atoms with Crippen molar-refractivity contribution < 1.29 is 50.0 Å². The number of ether oxygens (including phenoxy) is 2. The van der Waals surface area contributed by atoms with Gasteiger partial charge in [0.25, 0.3) is 0 Å². The summed E-state index contributed by atoms with van der Waals surface area (Å²) in [6.07, 6.45) is 2.33. The summed E-state index contributed by atoms with van der Waals surface area (Å²) in [5.41, 5.74) is 8.53. The van der Waals surface area contributed by atoms with Crippen LogP contribution in [0.4, 0.5) is 4.39 Å². The van der Waals surface area contributed by atoms with Crippen molar-refractivity contribution in [1.82, 2.24) is 13.1 Å². The molecule has 3 aliphatic heterocycles. The molecule has 1 aliphatic carbocycles. The summed E-state index contributed by atoms with van der Waals surface area (Å²) in [5.74, 6) is -1.30. The number of aliphatic hydroxyl groups is 1. The maximum atomic E-state index is 15.1. The Hall–Kier alpha value is -2.94. The van der Waals surface area contributed by atoms with E-state index in [-0.39, 0.29) is 51.9 Å². The van der Waals surface area contributed by atoms with Gasteiger partial charge in [-0.05, 0) is 0 Å². The number of nitrogens with zero attached hydrogens (tertiary/aromatic N) is 2. The number of aromatic nitrogens is 2. The van der Waals surface area contributed by atoms with Crippen LogP contribution in [-0.4, -0.2) is 45.3 Å². The molecule has 7 rings (SSSR count). The number of nitrogens with one attached hydrogen (secondary N) is 1. The zero-order valence-electron chi connectivity index (χ0n) is 23.3. The van der Waals surface area contributed by atoms with E-state index in [1.807, 2.05) is 0 Å². The molecule has 0 unspecified atom stereocenters. The molecule has 3 aromatic rings. The van der Waals surface area contributed by atoms with Crippen molar-refractivity contribution in [3.63, 3.8) is 0 Å². The summed E-state index contributed by atoms with van der Waals surface area (Å²) in [5, 5.41) is 12.1. The molecule has 4 N–H and O–H groups in total. The van der Waals surface area contributed by atoms with Crippen LogP contribution in [0.5, 0.6) is 0 Å². The number of rotatable bonds is 4. The van der Waals surface area contributed by atoms with Gasteiger partial charge in [0.1, 0.15) is 0 Å². The SMILES string of the molecule is CC[C@]1(O)C(=O)OCc2c1cc1n(c2=O)Cc2c-1nc1cc(F)c(C)c3c1c2[C@H]([I-]NC(=O)C1(N)CCOCC1)CC3. The molecule has 12 heteroatoms. The van der Waals surface area contributed by atoms with E-state index in [9.17, 15) is 19.5 Å². The monoisotopic (exact) mass is 689 g/mol. The molecule has 0 saturated carbocycles. The molecule has 0 radical (unpaired) electrons. The van der Waals surface area contributed by atoms with E-state index in [2.05, 4.69) is 3.53 Å². The van der Waals surface area contributed by atoms with Gasteiger partial charge < -0.3 is 0 Å². The van der Waals surface area contributed by atoms with E-state index in [4.69, 9.17) is 20.2 Å². The van der Waals surface area contributed by atoms with Crippen molar-refractivity contribution in [1.29, 1.82) is 0 Å². The van der Waals surface area contributed by atoms with Crippen LogP contribution in [-0.2, 0) is 44.2 Å². The second-order valence-electron chi connectivity index (χ2n) is 11.6. The Morgan fingerprint density at radius 3 is 2.76 bits per heavy atom. The molecule has 1 aromatic carbocycles. The first kappa shape index (κ1) is 27.9. The van der Waals surface area contributed by atoms with Crippen molar-refractivity contribution in [2.45, 2.75) is 74.2 Å². The Balaban J connectivity index is 1.38. The Morgan fingerprint density at radius 1 is 1.26 bits per heavy atom. The third-order valence-corrected chi connectivity index (χ3v) is 12.2. The summed E-state index contributed by atoms with van der Waals surface area (Å²) in [6.45, 7) is 4.36. The summed E-state index contributed by atoms with van der Waals surface area (Å²) >= 11 is -0.928. The van der Waals surface area contributed by atoms with Crippen molar-refractivity contribution in [2.24, 2.45) is 5.73 Å². The van der Waals surface area contributed by atoms with Crippen molar-refractivity contribution in [3.05, 3.63) is 61.7 Å². The topological polar surface area (TPSA) is 146 Å². The first-order valence-electron chi connectivity index (χ1n) is 14.2. The fraction of sp³-hybridized carbons (Fsp3) is 0.467. The van der Waals surface area contributed by atoms with Crippen LogP contribution in [0, 0.1) is 12.7 Å². The number of fused-ring (bicyclic) bond motifs is 5. The quantitative estimate of drug-likeness (QED) is 0.109. The van der Waals surface area contributed by atoms with Gasteiger partial charge in [-0.3, -0.25) is 0 Å². The van der Waals surface area contributed by atoms with Crippen LogP contribution >= 0.6 is 0 Å². The Labute approximate surface area is 251 Å². The van der Waals surface area contributed by atoms with Gasteiger partial charge in [-0.25, -0.2) is 0 Å². The average molecular weight is 690 g/mol. The molecule has 42 heavy (non-hydrogen) atoms. The van der Waals surface area contributed by atoms with Crippen LogP contribution < -0.4 is 36.3 Å². The molecule has 0 bridgehead atoms. The Morgan fingerprint density at radius 2 is 2.02 bits per heavy atom. The number of halogens is 2. The van der Waals surface area contributed by atoms with Crippen LogP contribution in [0.1, 0.15) is 69.9 Å². The number of carbonyl (C=O) groups excluding carboxylic acids is 2. The predicted octanol–water partition coefficient (Wildman–Crippen LogP) is -0.857. The van der Waals surface area contributed by atoms with E-state index in [0.29, 0.717) is 54.9 Å². The first-order chi connectivity index (χ1) is 20.1. The van der Waals surface area contributed by atoms with Crippen LogP contribution in [0.2, 0.25) is 0 Å². The number of nitrogens with two attached hydrogens (primary N) is 1. The molecule has 10 nitrogen and oxygen atoms in total.